The van der Waals surface area contributed by atoms with Gasteiger partial charge in [-0.15, -0.1) is 0 Å². The topological polar surface area (TPSA) is 6.48 Å². The highest BCUT2D eigenvalue weighted by Crippen LogP contribution is 2.48. The van der Waals surface area contributed by atoms with Gasteiger partial charge in [0.05, 0.1) is 6.67 Å². The summed E-state index contributed by atoms with van der Waals surface area (Å²) >= 11 is 0. The van der Waals surface area contributed by atoms with E-state index in [0.29, 0.717) is 23.7 Å². The first-order valence-electron chi connectivity index (χ1n) is 20.1. The third-order valence-corrected chi connectivity index (χ3v) is 11.7. The van der Waals surface area contributed by atoms with Crippen LogP contribution in [0.1, 0.15) is 184 Å². The van der Waals surface area contributed by atoms with Crippen LogP contribution in [0.5, 0.6) is 0 Å². The molecule has 276 valence electrons. The summed E-state index contributed by atoms with van der Waals surface area (Å²) in [4.78, 5) is 5.23. The minimum Gasteiger partial charge on any atom is -0.327 e. The third-order valence-electron chi connectivity index (χ3n) is 11.7. The van der Waals surface area contributed by atoms with Gasteiger partial charge in [-0.2, -0.15) is 0 Å². The molecule has 0 unspecified atom stereocenters. The van der Waals surface area contributed by atoms with Crippen molar-refractivity contribution in [1.29, 1.82) is 0 Å². The number of hydrogen-bond donors (Lipinski definition) is 0. The molecule has 1 aliphatic heterocycles. The zero-order valence-electron chi connectivity index (χ0n) is 35.2. The summed E-state index contributed by atoms with van der Waals surface area (Å²) in [5.41, 5.74) is 9.18. The number of rotatable bonds is 18. The molecule has 0 fully saturated rings. The number of benzene rings is 2. The van der Waals surface area contributed by atoms with Crippen LogP contribution in [0.25, 0.3) is 0 Å². The molecule has 3 rings (SSSR count). The fraction of sp³-hybridized carbons (Fsp3) is 0.702. The lowest BCUT2D eigenvalue weighted by Crippen LogP contribution is -2.34. The summed E-state index contributed by atoms with van der Waals surface area (Å²) in [7, 11) is 0. The lowest BCUT2D eigenvalue weighted by atomic mass is 9.72. The average Bonchev–Trinajstić information content (AvgIpc) is 3.50. The molecule has 2 aromatic carbocycles. The first-order chi connectivity index (χ1) is 22.6. The minimum absolute atomic E-state index is 0.0751. The first-order valence-corrected chi connectivity index (χ1v) is 20.1. The van der Waals surface area contributed by atoms with E-state index in [1.165, 1.54) is 85.0 Å². The highest BCUT2D eigenvalue weighted by Gasteiger charge is 2.37. The summed E-state index contributed by atoms with van der Waals surface area (Å²) in [5.74, 6) is 2.79. The summed E-state index contributed by atoms with van der Waals surface area (Å²) in [6.07, 6.45) is 14.5. The Morgan fingerprint density at radius 3 is 0.857 bits per heavy atom. The first kappa shape index (κ1) is 41.2. The molecule has 0 amide bonds. The van der Waals surface area contributed by atoms with Gasteiger partial charge in [0.1, 0.15) is 0 Å². The van der Waals surface area contributed by atoms with E-state index in [1.54, 1.807) is 0 Å². The van der Waals surface area contributed by atoms with E-state index in [-0.39, 0.29) is 21.7 Å². The van der Waals surface area contributed by atoms with Crippen LogP contribution in [0, 0.1) is 23.7 Å². The standard InChI is InChI=1S/C47H78N2/c1-34(2)23-27-44(9,10)38-19-17-20-39(45(11,12)28-24-35(3)4)42(38)48-31-32-49(33-48)43-40(46(13,14)29-25-36(5)6)21-18-22-41(43)47(15,16)30-26-37(7)8/h17-22,31-32,34-37H,23-30,33H2,1-16H3. The van der Waals surface area contributed by atoms with Gasteiger partial charge in [0.25, 0.3) is 0 Å². The van der Waals surface area contributed by atoms with Crippen LogP contribution < -0.4 is 9.80 Å². The maximum Gasteiger partial charge on any atom is 0.0989 e. The van der Waals surface area contributed by atoms with Crippen LogP contribution >= 0.6 is 0 Å². The molecule has 2 aromatic rings. The third kappa shape index (κ3) is 10.6. The fourth-order valence-corrected chi connectivity index (χ4v) is 7.74. The van der Waals surface area contributed by atoms with Crippen molar-refractivity contribution < 1.29 is 0 Å². The van der Waals surface area contributed by atoms with Gasteiger partial charge in [-0.1, -0.05) is 173 Å². The van der Waals surface area contributed by atoms with E-state index in [2.05, 4.69) is 169 Å². The van der Waals surface area contributed by atoms with Gasteiger partial charge in [-0.3, -0.25) is 0 Å². The molecule has 0 saturated carbocycles. The van der Waals surface area contributed by atoms with Crippen molar-refractivity contribution in [3.63, 3.8) is 0 Å². The SMILES string of the molecule is CC(C)CCC(C)(C)c1cccc(C(C)(C)CCC(C)C)c1N1C=CN(c2c(C(C)(C)CCC(C)C)cccc2C(C)(C)CCC(C)C)C1. The van der Waals surface area contributed by atoms with Crippen molar-refractivity contribution in [3.8, 4) is 0 Å². The smallest absolute Gasteiger partial charge is 0.0989 e. The molecule has 49 heavy (non-hydrogen) atoms. The van der Waals surface area contributed by atoms with Gasteiger partial charge in [0.15, 0.2) is 0 Å². The number of para-hydroxylation sites is 2. The predicted octanol–water partition coefficient (Wildman–Crippen LogP) is 14.3. The minimum atomic E-state index is 0.0751. The predicted molar refractivity (Wildman–Crippen MR) is 220 cm³/mol. The van der Waals surface area contributed by atoms with Gasteiger partial charge < -0.3 is 9.80 Å². The number of anilines is 2. The molecule has 1 aliphatic rings. The molecule has 0 saturated heterocycles. The fourth-order valence-electron chi connectivity index (χ4n) is 7.74. The molecular formula is C47H78N2. The second-order valence-corrected chi connectivity index (χ2v) is 20.0. The molecular weight excluding hydrogens is 593 g/mol. The van der Waals surface area contributed by atoms with E-state index in [9.17, 15) is 0 Å². The Morgan fingerprint density at radius 1 is 0.429 bits per heavy atom. The van der Waals surface area contributed by atoms with Crippen LogP contribution in [0.15, 0.2) is 48.8 Å². The molecule has 0 atom stereocenters. The van der Waals surface area contributed by atoms with Gasteiger partial charge in [0.2, 0.25) is 0 Å². The Morgan fingerprint density at radius 2 is 0.653 bits per heavy atom. The maximum atomic E-state index is 2.61. The summed E-state index contributed by atoms with van der Waals surface area (Å²) in [6, 6.07) is 14.5. The van der Waals surface area contributed by atoms with Crippen molar-refractivity contribution in [2.45, 2.75) is 184 Å². The quantitative estimate of drug-likeness (QED) is 0.156. The summed E-state index contributed by atoms with van der Waals surface area (Å²) in [6.45, 7) is 39.6. The average molecular weight is 671 g/mol. The lowest BCUT2D eigenvalue weighted by Gasteiger charge is -2.39. The highest BCUT2D eigenvalue weighted by atomic mass is 15.3. The monoisotopic (exact) mass is 671 g/mol. The molecule has 0 N–H and O–H groups in total. The Balaban J connectivity index is 2.22. The van der Waals surface area contributed by atoms with Crippen LogP contribution in [0.2, 0.25) is 0 Å². The normalized spacial score (nSPS) is 14.9. The number of hydrogen-bond acceptors (Lipinski definition) is 2. The summed E-state index contributed by atoms with van der Waals surface area (Å²) in [5, 5.41) is 0. The zero-order valence-corrected chi connectivity index (χ0v) is 35.2. The Labute approximate surface area is 305 Å². The zero-order chi connectivity index (χ0) is 36.9. The van der Waals surface area contributed by atoms with Crippen molar-refractivity contribution in [2.75, 3.05) is 16.5 Å². The molecule has 2 heteroatoms. The molecule has 0 bridgehead atoms. The van der Waals surface area contributed by atoms with Crippen LogP contribution in [-0.4, -0.2) is 6.67 Å². The van der Waals surface area contributed by atoms with Crippen LogP contribution in [-0.2, 0) is 21.7 Å². The molecule has 2 nitrogen and oxygen atoms in total. The Bertz CT molecular complexity index is 1180. The van der Waals surface area contributed by atoms with Crippen molar-refractivity contribution >= 4 is 11.4 Å². The van der Waals surface area contributed by atoms with Crippen molar-refractivity contribution in [1.82, 2.24) is 0 Å². The molecule has 0 aliphatic carbocycles. The van der Waals surface area contributed by atoms with E-state index < -0.39 is 0 Å². The van der Waals surface area contributed by atoms with Crippen LogP contribution in [0.4, 0.5) is 11.4 Å². The molecule has 0 aromatic heterocycles. The largest absolute Gasteiger partial charge is 0.327 e. The van der Waals surface area contributed by atoms with Gasteiger partial charge in [-0.25, -0.2) is 0 Å². The molecule has 1 heterocycles. The molecule has 0 radical (unpaired) electrons. The van der Waals surface area contributed by atoms with Crippen molar-refractivity contribution in [3.05, 3.63) is 71.1 Å². The highest BCUT2D eigenvalue weighted by molar-refractivity contribution is 5.72. The number of nitrogens with zero attached hydrogens (tertiary/aromatic N) is 2. The maximum absolute atomic E-state index is 2.61. The molecule has 0 spiro atoms. The van der Waals surface area contributed by atoms with Crippen molar-refractivity contribution in [2.24, 2.45) is 23.7 Å². The Hall–Kier alpha value is -2.22. The van der Waals surface area contributed by atoms with E-state index in [1.807, 2.05) is 0 Å². The van der Waals surface area contributed by atoms with E-state index in [0.717, 1.165) is 6.67 Å². The van der Waals surface area contributed by atoms with E-state index >= 15 is 0 Å². The lowest BCUT2D eigenvalue weighted by molar-refractivity contribution is 0.404. The van der Waals surface area contributed by atoms with Gasteiger partial charge >= 0.3 is 0 Å². The van der Waals surface area contributed by atoms with Gasteiger partial charge in [-0.05, 0) is 93.3 Å². The second-order valence-electron chi connectivity index (χ2n) is 20.0. The van der Waals surface area contributed by atoms with Gasteiger partial charge in [0, 0.05) is 23.8 Å². The second kappa shape index (κ2) is 16.4. The Kier molecular flexibility index (Phi) is 13.8. The van der Waals surface area contributed by atoms with Crippen LogP contribution in [0.3, 0.4) is 0 Å². The summed E-state index contributed by atoms with van der Waals surface area (Å²) < 4.78 is 0. The van der Waals surface area contributed by atoms with E-state index in [4.69, 9.17) is 0 Å².